The SMILES string of the molecule is CC(c1ccccc1F)N(C(=O)C1CCN(C(=O)c2ccoc2)CC1)C1CC1. The number of carbonyl (C=O) groups excluding carboxylic acids is 2. The largest absolute Gasteiger partial charge is 0.472 e. The van der Waals surface area contributed by atoms with Gasteiger partial charge in [-0.25, -0.2) is 4.39 Å². The zero-order chi connectivity index (χ0) is 19.7. The van der Waals surface area contributed by atoms with Crippen molar-refractivity contribution in [1.29, 1.82) is 0 Å². The molecule has 4 rings (SSSR count). The number of hydrogen-bond acceptors (Lipinski definition) is 3. The van der Waals surface area contributed by atoms with Crippen LogP contribution in [-0.2, 0) is 4.79 Å². The van der Waals surface area contributed by atoms with E-state index in [2.05, 4.69) is 0 Å². The zero-order valence-electron chi connectivity index (χ0n) is 16.0. The van der Waals surface area contributed by atoms with Crippen molar-refractivity contribution in [3.8, 4) is 0 Å². The fraction of sp³-hybridized carbons (Fsp3) is 0.455. The molecule has 5 nitrogen and oxygen atoms in total. The summed E-state index contributed by atoms with van der Waals surface area (Å²) in [5.74, 6) is -0.357. The standard InChI is InChI=1S/C22H25FN2O3/c1-15(19-4-2-3-5-20(19)23)25(18-6-7-18)22(27)16-8-11-24(12-9-16)21(26)17-10-13-28-14-17/h2-5,10,13-16,18H,6-9,11-12H2,1H3. The molecule has 2 aliphatic rings. The Kier molecular flexibility index (Phi) is 5.20. The van der Waals surface area contributed by atoms with Crippen molar-refractivity contribution in [1.82, 2.24) is 9.80 Å². The van der Waals surface area contributed by atoms with Crippen LogP contribution in [0.15, 0.2) is 47.3 Å². The van der Waals surface area contributed by atoms with Crippen LogP contribution in [0, 0.1) is 11.7 Å². The fourth-order valence-corrected chi connectivity index (χ4v) is 4.11. The Bertz CT molecular complexity index is 839. The lowest BCUT2D eigenvalue weighted by Crippen LogP contribution is -2.45. The number of amides is 2. The molecular weight excluding hydrogens is 359 g/mol. The first-order valence-corrected chi connectivity index (χ1v) is 9.94. The van der Waals surface area contributed by atoms with E-state index < -0.39 is 0 Å². The maximum absolute atomic E-state index is 14.3. The van der Waals surface area contributed by atoms with Gasteiger partial charge in [0.15, 0.2) is 0 Å². The summed E-state index contributed by atoms with van der Waals surface area (Å²) in [7, 11) is 0. The van der Waals surface area contributed by atoms with Crippen molar-refractivity contribution < 1.29 is 18.4 Å². The summed E-state index contributed by atoms with van der Waals surface area (Å²) in [6.07, 6.45) is 6.15. The number of likely N-dealkylation sites (tertiary alicyclic amines) is 1. The summed E-state index contributed by atoms with van der Waals surface area (Å²) in [5, 5.41) is 0. The van der Waals surface area contributed by atoms with Crippen molar-refractivity contribution >= 4 is 11.8 Å². The van der Waals surface area contributed by atoms with E-state index >= 15 is 0 Å². The highest BCUT2D eigenvalue weighted by molar-refractivity contribution is 5.94. The topological polar surface area (TPSA) is 53.8 Å². The molecule has 0 bridgehead atoms. The minimum absolute atomic E-state index is 0.0570. The molecular formula is C22H25FN2O3. The van der Waals surface area contributed by atoms with E-state index in [0.717, 1.165) is 12.8 Å². The Labute approximate surface area is 164 Å². The molecule has 2 aromatic rings. The number of piperidine rings is 1. The van der Waals surface area contributed by atoms with Crippen molar-refractivity contribution in [3.05, 3.63) is 59.8 Å². The molecule has 1 saturated heterocycles. The molecule has 2 fully saturated rings. The van der Waals surface area contributed by atoms with Gasteiger partial charge < -0.3 is 14.2 Å². The van der Waals surface area contributed by atoms with Gasteiger partial charge in [-0.3, -0.25) is 9.59 Å². The highest BCUT2D eigenvalue weighted by Crippen LogP contribution is 2.37. The van der Waals surface area contributed by atoms with Crippen LogP contribution in [0.25, 0.3) is 0 Å². The molecule has 0 spiro atoms. The molecule has 1 aliphatic heterocycles. The number of furan rings is 1. The van der Waals surface area contributed by atoms with E-state index in [1.807, 2.05) is 17.9 Å². The van der Waals surface area contributed by atoms with Crippen LogP contribution in [0.3, 0.4) is 0 Å². The van der Waals surface area contributed by atoms with Crippen molar-refractivity contribution in [2.45, 2.75) is 44.7 Å². The summed E-state index contributed by atoms with van der Waals surface area (Å²) < 4.78 is 19.3. The van der Waals surface area contributed by atoms with Crippen molar-refractivity contribution in [2.24, 2.45) is 5.92 Å². The number of carbonyl (C=O) groups is 2. The van der Waals surface area contributed by atoms with Gasteiger partial charge in [0.2, 0.25) is 5.91 Å². The molecule has 0 N–H and O–H groups in total. The molecule has 0 radical (unpaired) electrons. The second-order valence-electron chi connectivity index (χ2n) is 7.75. The highest BCUT2D eigenvalue weighted by Gasteiger charge is 2.40. The molecule has 1 unspecified atom stereocenters. The fourth-order valence-electron chi connectivity index (χ4n) is 4.11. The third kappa shape index (κ3) is 3.68. The summed E-state index contributed by atoms with van der Waals surface area (Å²) >= 11 is 0. The third-order valence-electron chi connectivity index (χ3n) is 5.87. The van der Waals surface area contributed by atoms with Crippen molar-refractivity contribution in [2.75, 3.05) is 13.1 Å². The van der Waals surface area contributed by atoms with Gasteiger partial charge in [-0.2, -0.15) is 0 Å². The quantitative estimate of drug-likeness (QED) is 0.782. The Morgan fingerprint density at radius 1 is 1.14 bits per heavy atom. The molecule has 148 valence electrons. The maximum atomic E-state index is 14.3. The molecule has 6 heteroatoms. The first-order valence-electron chi connectivity index (χ1n) is 9.94. The first-order chi connectivity index (χ1) is 13.6. The van der Waals surface area contributed by atoms with Gasteiger partial charge in [0.1, 0.15) is 12.1 Å². The Hall–Kier alpha value is -2.63. The van der Waals surface area contributed by atoms with E-state index in [-0.39, 0.29) is 35.6 Å². The average Bonchev–Trinajstić information content (AvgIpc) is 3.39. The summed E-state index contributed by atoms with van der Waals surface area (Å²) in [5.41, 5.74) is 1.10. The zero-order valence-corrected chi connectivity index (χ0v) is 16.0. The second-order valence-corrected chi connectivity index (χ2v) is 7.75. The molecule has 1 atom stereocenters. The highest BCUT2D eigenvalue weighted by atomic mass is 19.1. The van der Waals surface area contributed by atoms with Crippen LogP contribution in [-0.4, -0.2) is 40.7 Å². The van der Waals surface area contributed by atoms with E-state index in [1.54, 1.807) is 23.1 Å². The van der Waals surface area contributed by atoms with Crippen LogP contribution in [0.2, 0.25) is 0 Å². The molecule has 1 aromatic carbocycles. The summed E-state index contributed by atoms with van der Waals surface area (Å²) in [6.45, 7) is 3.01. The van der Waals surface area contributed by atoms with E-state index in [1.165, 1.54) is 18.6 Å². The minimum Gasteiger partial charge on any atom is -0.472 e. The van der Waals surface area contributed by atoms with Gasteiger partial charge in [-0.05, 0) is 44.7 Å². The molecule has 2 heterocycles. The number of nitrogens with zero attached hydrogens (tertiary/aromatic N) is 2. The van der Waals surface area contributed by atoms with Crippen LogP contribution in [0.4, 0.5) is 4.39 Å². The van der Waals surface area contributed by atoms with E-state index in [9.17, 15) is 14.0 Å². The van der Waals surface area contributed by atoms with Gasteiger partial charge in [0.25, 0.3) is 5.91 Å². The van der Waals surface area contributed by atoms with Crippen LogP contribution < -0.4 is 0 Å². The predicted molar refractivity (Wildman–Crippen MR) is 102 cm³/mol. The smallest absolute Gasteiger partial charge is 0.257 e. The molecule has 2 amide bonds. The normalized spacial score (nSPS) is 18.7. The first kappa shape index (κ1) is 18.7. The number of hydrogen-bond donors (Lipinski definition) is 0. The van der Waals surface area contributed by atoms with Gasteiger partial charge in [0, 0.05) is 30.6 Å². The maximum Gasteiger partial charge on any atom is 0.257 e. The molecule has 1 saturated carbocycles. The van der Waals surface area contributed by atoms with Crippen molar-refractivity contribution in [3.63, 3.8) is 0 Å². The molecule has 1 aliphatic carbocycles. The predicted octanol–water partition coefficient (Wildman–Crippen LogP) is 4.02. The Balaban J connectivity index is 1.43. The lowest BCUT2D eigenvalue weighted by Gasteiger charge is -2.37. The van der Waals surface area contributed by atoms with E-state index in [4.69, 9.17) is 4.42 Å². The van der Waals surface area contributed by atoms with Gasteiger partial charge in [0.05, 0.1) is 17.9 Å². The van der Waals surface area contributed by atoms with Crippen LogP contribution >= 0.6 is 0 Å². The monoisotopic (exact) mass is 384 g/mol. The molecule has 1 aromatic heterocycles. The average molecular weight is 384 g/mol. The second kappa shape index (κ2) is 7.78. The summed E-state index contributed by atoms with van der Waals surface area (Å²) in [4.78, 5) is 29.4. The number of benzene rings is 1. The van der Waals surface area contributed by atoms with Crippen LogP contribution in [0.5, 0.6) is 0 Å². The minimum atomic E-state index is -0.285. The lowest BCUT2D eigenvalue weighted by atomic mass is 9.93. The Morgan fingerprint density at radius 2 is 1.86 bits per heavy atom. The van der Waals surface area contributed by atoms with Gasteiger partial charge in [-0.15, -0.1) is 0 Å². The van der Waals surface area contributed by atoms with Gasteiger partial charge >= 0.3 is 0 Å². The number of rotatable bonds is 5. The molecule has 28 heavy (non-hydrogen) atoms. The summed E-state index contributed by atoms with van der Waals surface area (Å²) in [6, 6.07) is 8.26. The van der Waals surface area contributed by atoms with E-state index in [0.29, 0.717) is 37.1 Å². The Morgan fingerprint density at radius 3 is 2.46 bits per heavy atom. The lowest BCUT2D eigenvalue weighted by molar-refractivity contribution is -0.140. The third-order valence-corrected chi connectivity index (χ3v) is 5.87. The number of halogens is 1. The van der Waals surface area contributed by atoms with Crippen LogP contribution in [0.1, 0.15) is 54.6 Å². The van der Waals surface area contributed by atoms with Gasteiger partial charge in [-0.1, -0.05) is 18.2 Å².